The van der Waals surface area contributed by atoms with Gasteiger partial charge in [-0.25, -0.2) is 0 Å². The van der Waals surface area contributed by atoms with Gasteiger partial charge in [0.05, 0.1) is 0 Å². The molecule has 0 aliphatic rings. The van der Waals surface area contributed by atoms with Gasteiger partial charge in [-0.05, 0) is 13.8 Å². The van der Waals surface area contributed by atoms with E-state index < -0.39 is 0 Å². The van der Waals surface area contributed by atoms with E-state index in [1.807, 2.05) is 27.7 Å². The fourth-order valence-electron chi connectivity index (χ4n) is 0.438. The van der Waals surface area contributed by atoms with Crippen molar-refractivity contribution in [3.8, 4) is 0 Å². The molecule has 0 radical (unpaired) electrons. The lowest BCUT2D eigenvalue weighted by molar-refractivity contribution is 0.500. The summed E-state index contributed by atoms with van der Waals surface area (Å²) in [5.41, 5.74) is 2.13. The van der Waals surface area contributed by atoms with Crippen molar-refractivity contribution in [2.24, 2.45) is 10.4 Å². The van der Waals surface area contributed by atoms with E-state index >= 15 is 0 Å². The molecule has 1 nitrogen and oxygen atoms in total. The van der Waals surface area contributed by atoms with Gasteiger partial charge in [0.25, 0.3) is 0 Å². The van der Waals surface area contributed by atoms with Gasteiger partial charge in [-0.1, -0.05) is 41.2 Å². The number of allylic oxidation sites excluding steroid dienone is 1. The van der Waals surface area contributed by atoms with Crippen LogP contribution in [0.1, 0.15) is 48.5 Å². The van der Waals surface area contributed by atoms with E-state index in [0.29, 0.717) is 0 Å². The smallest absolute Gasteiger partial charge is 0.0384 e. The molecule has 0 unspecified atom stereocenters. The first kappa shape index (κ1) is 14.0. The molecule has 0 atom stereocenters. The Hall–Kier alpha value is -0.590. The topological polar surface area (TPSA) is 12.4 Å². The average Bonchev–Trinajstić information content (AvgIpc) is 1.88. The van der Waals surface area contributed by atoms with E-state index in [1.54, 1.807) is 0 Å². The Morgan fingerprint density at radius 3 is 1.50 bits per heavy atom. The summed E-state index contributed by atoms with van der Waals surface area (Å²) in [4.78, 5) is 4.27. The van der Waals surface area contributed by atoms with Crippen LogP contribution < -0.4 is 0 Å². The third kappa shape index (κ3) is 7.52. The Balaban J connectivity index is 0. The van der Waals surface area contributed by atoms with Gasteiger partial charge < -0.3 is 0 Å². The molecule has 0 saturated carbocycles. The minimum Gasteiger partial charge on any atom is -0.263 e. The highest BCUT2D eigenvalue weighted by atomic mass is 14.8. The third-order valence-electron chi connectivity index (χ3n) is 1.22. The number of rotatable bonds is 1. The second-order valence-corrected chi connectivity index (χ2v) is 3.76. The highest BCUT2D eigenvalue weighted by Gasteiger charge is 2.13. The van der Waals surface area contributed by atoms with Crippen molar-refractivity contribution >= 4 is 5.71 Å². The zero-order valence-electron chi connectivity index (χ0n) is 9.65. The molecule has 72 valence electrons. The molecule has 0 N–H and O–H groups in total. The Bertz CT molecular complexity index is 154. The summed E-state index contributed by atoms with van der Waals surface area (Å²) in [5.74, 6) is 0. The lowest BCUT2D eigenvalue weighted by Crippen LogP contribution is -2.07. The van der Waals surface area contributed by atoms with Gasteiger partial charge in [0.15, 0.2) is 0 Å². The molecular formula is C11H23N. The first-order valence-electron chi connectivity index (χ1n) is 4.55. The van der Waals surface area contributed by atoms with Crippen molar-refractivity contribution in [1.82, 2.24) is 0 Å². The van der Waals surface area contributed by atoms with Crippen molar-refractivity contribution in [2.45, 2.75) is 48.5 Å². The Kier molecular flexibility index (Phi) is 6.96. The first-order valence-corrected chi connectivity index (χ1v) is 4.55. The minimum atomic E-state index is 0.108. The number of hydrogen-bond donors (Lipinski definition) is 0. The van der Waals surface area contributed by atoms with Crippen molar-refractivity contribution in [2.75, 3.05) is 0 Å². The van der Waals surface area contributed by atoms with Gasteiger partial charge in [-0.2, -0.15) is 0 Å². The zero-order valence-corrected chi connectivity index (χ0v) is 9.65. The van der Waals surface area contributed by atoms with Crippen LogP contribution in [0.3, 0.4) is 0 Å². The van der Waals surface area contributed by atoms with Crippen LogP contribution in [0.4, 0.5) is 0 Å². The highest BCUT2D eigenvalue weighted by Crippen LogP contribution is 2.24. The largest absolute Gasteiger partial charge is 0.263 e. The molecule has 0 amide bonds. The fraction of sp³-hybridized carbons (Fsp3) is 0.727. The number of nitrogens with zero attached hydrogens (tertiary/aromatic N) is 1. The fourth-order valence-corrected chi connectivity index (χ4v) is 0.438. The van der Waals surface area contributed by atoms with Crippen LogP contribution in [0.15, 0.2) is 17.3 Å². The molecule has 0 saturated heterocycles. The van der Waals surface area contributed by atoms with Gasteiger partial charge in [-0.15, -0.1) is 0 Å². The van der Waals surface area contributed by atoms with Crippen LogP contribution >= 0.6 is 0 Å². The zero-order chi connectivity index (χ0) is 10.4. The van der Waals surface area contributed by atoms with Crippen molar-refractivity contribution < 1.29 is 0 Å². The van der Waals surface area contributed by atoms with Crippen LogP contribution in [0.2, 0.25) is 0 Å². The van der Waals surface area contributed by atoms with Gasteiger partial charge >= 0.3 is 0 Å². The summed E-state index contributed by atoms with van der Waals surface area (Å²) < 4.78 is 0. The van der Waals surface area contributed by atoms with Gasteiger partial charge in [-0.3, -0.25) is 4.99 Å². The van der Waals surface area contributed by atoms with Crippen LogP contribution in [0.5, 0.6) is 0 Å². The third-order valence-corrected chi connectivity index (χ3v) is 1.22. The van der Waals surface area contributed by atoms with Crippen LogP contribution in [0, 0.1) is 5.41 Å². The molecule has 0 fully saturated rings. The summed E-state index contributed by atoms with van der Waals surface area (Å²) >= 11 is 0. The van der Waals surface area contributed by atoms with Crippen LogP contribution in [0.25, 0.3) is 0 Å². The molecule has 0 aliphatic carbocycles. The minimum absolute atomic E-state index is 0.108. The van der Waals surface area contributed by atoms with Crippen molar-refractivity contribution in [3.05, 3.63) is 12.3 Å². The highest BCUT2D eigenvalue weighted by molar-refractivity contribution is 5.80. The lowest BCUT2D eigenvalue weighted by atomic mass is 9.93. The Morgan fingerprint density at radius 2 is 1.42 bits per heavy atom. The molecule has 0 bridgehead atoms. The normalized spacial score (nSPS) is 9.58. The summed E-state index contributed by atoms with van der Waals surface area (Å²) in [6, 6.07) is 0. The predicted octanol–water partition coefficient (Wildman–Crippen LogP) is 4.05. The molecule has 0 aromatic rings. The maximum absolute atomic E-state index is 4.27. The van der Waals surface area contributed by atoms with E-state index in [1.165, 1.54) is 0 Å². The van der Waals surface area contributed by atoms with Crippen molar-refractivity contribution in [3.63, 3.8) is 0 Å². The summed E-state index contributed by atoms with van der Waals surface area (Å²) in [6.07, 6.45) is 0. The standard InChI is InChI=1S/C9H17N.C2H6/c1-7(2)10-8(3)9(4,5)6;1-2/h3H2,1-2,4-6H3;1-2H3. The lowest BCUT2D eigenvalue weighted by Gasteiger charge is -2.17. The molecule has 0 rings (SSSR count). The Labute approximate surface area is 77.6 Å². The van der Waals surface area contributed by atoms with Crippen LogP contribution in [-0.4, -0.2) is 5.71 Å². The Morgan fingerprint density at radius 1 is 1.08 bits per heavy atom. The molecular weight excluding hydrogens is 146 g/mol. The average molecular weight is 169 g/mol. The summed E-state index contributed by atoms with van der Waals surface area (Å²) in [5, 5.41) is 0. The van der Waals surface area contributed by atoms with E-state index in [0.717, 1.165) is 11.4 Å². The van der Waals surface area contributed by atoms with E-state index in [4.69, 9.17) is 0 Å². The first-order chi connectivity index (χ1) is 5.34. The van der Waals surface area contributed by atoms with Gasteiger partial charge in [0.1, 0.15) is 0 Å². The molecule has 0 aromatic heterocycles. The number of hydrogen-bond acceptors (Lipinski definition) is 1. The molecule has 0 spiro atoms. The summed E-state index contributed by atoms with van der Waals surface area (Å²) in [6.45, 7) is 18.2. The van der Waals surface area contributed by atoms with Gasteiger partial charge in [0, 0.05) is 16.8 Å². The second kappa shape index (κ2) is 5.99. The second-order valence-electron chi connectivity index (χ2n) is 3.76. The molecule has 12 heavy (non-hydrogen) atoms. The van der Waals surface area contributed by atoms with Gasteiger partial charge in [0.2, 0.25) is 0 Å². The maximum atomic E-state index is 4.27. The predicted molar refractivity (Wildman–Crippen MR) is 58.7 cm³/mol. The molecule has 0 aliphatic heterocycles. The van der Waals surface area contributed by atoms with E-state index in [2.05, 4.69) is 32.3 Å². The quantitative estimate of drug-likeness (QED) is 0.525. The number of aliphatic imine (C=N–C) groups is 1. The molecule has 0 aromatic carbocycles. The van der Waals surface area contributed by atoms with E-state index in [9.17, 15) is 0 Å². The summed E-state index contributed by atoms with van der Waals surface area (Å²) in [7, 11) is 0. The van der Waals surface area contributed by atoms with Crippen LogP contribution in [-0.2, 0) is 0 Å². The monoisotopic (exact) mass is 169 g/mol. The van der Waals surface area contributed by atoms with E-state index in [-0.39, 0.29) is 5.41 Å². The molecule has 1 heteroatoms. The molecule has 0 heterocycles. The maximum Gasteiger partial charge on any atom is 0.0384 e. The van der Waals surface area contributed by atoms with Crippen molar-refractivity contribution in [1.29, 1.82) is 0 Å². The SMILES string of the molecule is C=C(N=C(C)C)C(C)(C)C.CC.